The van der Waals surface area contributed by atoms with Gasteiger partial charge in [0.1, 0.15) is 6.54 Å². The molecule has 0 aliphatic heterocycles. The summed E-state index contributed by atoms with van der Waals surface area (Å²) in [6.45, 7) is 3.44. The quantitative estimate of drug-likeness (QED) is 0.424. The van der Waals surface area contributed by atoms with E-state index >= 15 is 0 Å². The zero-order valence-corrected chi connectivity index (χ0v) is 13.8. The fourth-order valence-corrected chi connectivity index (χ4v) is 2.50. The largest absolute Gasteiger partial charge is 0.377 e. The molecule has 0 aliphatic carbocycles. The van der Waals surface area contributed by atoms with Crippen molar-refractivity contribution in [2.24, 2.45) is 0 Å². The van der Waals surface area contributed by atoms with Crippen LogP contribution in [-0.2, 0) is 6.54 Å². The van der Waals surface area contributed by atoms with Crippen LogP contribution in [0.25, 0.3) is 0 Å². The number of hydrogen-bond acceptors (Lipinski definition) is 1. The lowest BCUT2D eigenvalue weighted by molar-refractivity contribution is -0.697. The maximum atomic E-state index is 2.30. The van der Waals surface area contributed by atoms with Crippen molar-refractivity contribution in [1.29, 1.82) is 0 Å². The molecule has 1 rings (SSSR count). The fraction of sp³-hybridized carbons (Fsp3) is 0.722. The summed E-state index contributed by atoms with van der Waals surface area (Å²) in [6.07, 6.45) is 17.0. The van der Waals surface area contributed by atoms with E-state index in [0.29, 0.717) is 0 Å². The lowest BCUT2D eigenvalue weighted by Gasteiger charge is -2.10. The summed E-state index contributed by atoms with van der Waals surface area (Å²) in [7, 11) is 4.17. The maximum Gasteiger partial charge on any atom is 0.170 e. The number of nitrogens with zero attached hydrogens (tertiary/aromatic N) is 2. The molecule has 0 atom stereocenters. The first-order valence-corrected chi connectivity index (χ1v) is 8.40. The minimum absolute atomic E-state index is 1.16. The second kappa shape index (κ2) is 10.7. The van der Waals surface area contributed by atoms with Crippen LogP contribution >= 0.6 is 0 Å². The molecular formula is C18H33N2+. The van der Waals surface area contributed by atoms with Crippen molar-refractivity contribution < 1.29 is 4.57 Å². The molecule has 0 aliphatic rings. The number of rotatable bonds is 11. The van der Waals surface area contributed by atoms with E-state index < -0.39 is 0 Å². The number of anilines is 1. The standard InChI is InChI=1S/C18H33N2/c1-4-5-6-7-8-9-10-11-12-15-20-16-13-18(14-17-20)19(2)3/h13-14,16-17H,4-12,15H2,1-3H3/q+1. The molecule has 0 spiro atoms. The Bertz CT molecular complexity index is 330. The topological polar surface area (TPSA) is 7.12 Å². The van der Waals surface area contributed by atoms with Gasteiger partial charge in [-0.1, -0.05) is 51.9 Å². The highest BCUT2D eigenvalue weighted by molar-refractivity contribution is 5.41. The van der Waals surface area contributed by atoms with Crippen LogP contribution in [-0.4, -0.2) is 14.1 Å². The van der Waals surface area contributed by atoms with Gasteiger partial charge in [0.15, 0.2) is 12.4 Å². The molecule has 2 heteroatoms. The highest BCUT2D eigenvalue weighted by atomic mass is 15.1. The van der Waals surface area contributed by atoms with Crippen LogP contribution in [0.2, 0.25) is 0 Å². The smallest absolute Gasteiger partial charge is 0.170 e. The average molecular weight is 277 g/mol. The zero-order chi connectivity index (χ0) is 14.6. The van der Waals surface area contributed by atoms with Gasteiger partial charge < -0.3 is 4.90 Å². The van der Waals surface area contributed by atoms with Crippen molar-refractivity contribution in [2.75, 3.05) is 19.0 Å². The van der Waals surface area contributed by atoms with Gasteiger partial charge in [0.2, 0.25) is 0 Å². The molecule has 0 radical (unpaired) electrons. The molecular weight excluding hydrogens is 244 g/mol. The third-order valence-corrected chi connectivity index (χ3v) is 3.91. The number of hydrogen-bond donors (Lipinski definition) is 0. The summed E-state index contributed by atoms with van der Waals surface area (Å²) in [4.78, 5) is 2.14. The Morgan fingerprint density at radius 3 is 1.80 bits per heavy atom. The van der Waals surface area contributed by atoms with E-state index in [-0.39, 0.29) is 0 Å². The highest BCUT2D eigenvalue weighted by Crippen LogP contribution is 2.10. The van der Waals surface area contributed by atoms with Crippen molar-refractivity contribution >= 4 is 5.69 Å². The van der Waals surface area contributed by atoms with Crippen LogP contribution in [0.3, 0.4) is 0 Å². The molecule has 2 nitrogen and oxygen atoms in total. The third kappa shape index (κ3) is 7.52. The number of aryl methyl sites for hydroxylation is 1. The lowest BCUT2D eigenvalue weighted by Crippen LogP contribution is -2.32. The molecule has 1 heterocycles. The predicted octanol–water partition coefficient (Wildman–Crippen LogP) is 4.57. The Morgan fingerprint density at radius 1 is 0.800 bits per heavy atom. The molecule has 114 valence electrons. The molecule has 0 amide bonds. The molecule has 0 saturated carbocycles. The van der Waals surface area contributed by atoms with Crippen LogP contribution in [0.1, 0.15) is 64.7 Å². The van der Waals surface area contributed by atoms with Gasteiger partial charge in [-0.25, -0.2) is 4.57 Å². The van der Waals surface area contributed by atoms with E-state index in [4.69, 9.17) is 0 Å². The molecule has 0 saturated heterocycles. The van der Waals surface area contributed by atoms with Crippen LogP contribution in [0.5, 0.6) is 0 Å². The summed E-state index contributed by atoms with van der Waals surface area (Å²) in [6, 6.07) is 4.38. The van der Waals surface area contributed by atoms with E-state index in [0.717, 1.165) is 6.54 Å². The molecule has 20 heavy (non-hydrogen) atoms. The first kappa shape index (κ1) is 17.0. The van der Waals surface area contributed by atoms with Crippen LogP contribution in [0, 0.1) is 0 Å². The Kier molecular flexibility index (Phi) is 9.10. The SMILES string of the molecule is CCCCCCCCCCC[n+]1ccc(N(C)C)cc1. The number of aromatic nitrogens is 1. The van der Waals surface area contributed by atoms with Gasteiger partial charge in [0.25, 0.3) is 0 Å². The summed E-state index contributed by atoms with van der Waals surface area (Å²) >= 11 is 0. The van der Waals surface area contributed by atoms with E-state index in [1.807, 2.05) is 0 Å². The van der Waals surface area contributed by atoms with Gasteiger partial charge in [-0.05, 0) is 6.42 Å². The maximum absolute atomic E-state index is 2.30. The fourth-order valence-electron chi connectivity index (χ4n) is 2.50. The van der Waals surface area contributed by atoms with Gasteiger partial charge in [-0.3, -0.25) is 0 Å². The molecule has 1 aromatic heterocycles. The van der Waals surface area contributed by atoms with Crippen LogP contribution in [0.15, 0.2) is 24.5 Å². The second-order valence-electron chi connectivity index (χ2n) is 6.02. The molecule has 0 fully saturated rings. The lowest BCUT2D eigenvalue weighted by atomic mass is 10.1. The normalized spacial score (nSPS) is 10.8. The molecule has 1 aromatic rings. The predicted molar refractivity (Wildman–Crippen MR) is 88.2 cm³/mol. The Labute approximate surface area is 125 Å². The Hall–Kier alpha value is -1.05. The van der Waals surface area contributed by atoms with Crippen molar-refractivity contribution in [1.82, 2.24) is 0 Å². The van der Waals surface area contributed by atoms with Crippen molar-refractivity contribution in [2.45, 2.75) is 71.3 Å². The molecule has 0 bridgehead atoms. The van der Waals surface area contributed by atoms with E-state index in [1.54, 1.807) is 0 Å². The van der Waals surface area contributed by atoms with Crippen molar-refractivity contribution in [3.05, 3.63) is 24.5 Å². The van der Waals surface area contributed by atoms with Gasteiger partial charge in [0.05, 0.1) is 0 Å². The minimum Gasteiger partial charge on any atom is -0.377 e. The molecule has 0 unspecified atom stereocenters. The summed E-state index contributed by atoms with van der Waals surface area (Å²) in [5.74, 6) is 0. The van der Waals surface area contributed by atoms with Gasteiger partial charge in [0, 0.05) is 38.3 Å². The number of pyridine rings is 1. The first-order chi connectivity index (χ1) is 9.74. The van der Waals surface area contributed by atoms with Crippen LogP contribution in [0.4, 0.5) is 5.69 Å². The second-order valence-corrected chi connectivity index (χ2v) is 6.02. The highest BCUT2D eigenvalue weighted by Gasteiger charge is 2.01. The van der Waals surface area contributed by atoms with Crippen molar-refractivity contribution in [3.8, 4) is 0 Å². The van der Waals surface area contributed by atoms with Gasteiger partial charge in [-0.15, -0.1) is 0 Å². The van der Waals surface area contributed by atoms with Crippen molar-refractivity contribution in [3.63, 3.8) is 0 Å². The molecule has 0 aromatic carbocycles. The third-order valence-electron chi connectivity index (χ3n) is 3.91. The Morgan fingerprint density at radius 2 is 1.30 bits per heavy atom. The van der Waals surface area contributed by atoms with Crippen LogP contribution < -0.4 is 9.47 Å². The van der Waals surface area contributed by atoms with Gasteiger partial charge in [-0.2, -0.15) is 0 Å². The summed E-state index contributed by atoms with van der Waals surface area (Å²) < 4.78 is 2.30. The minimum atomic E-state index is 1.16. The zero-order valence-electron chi connectivity index (χ0n) is 13.8. The first-order valence-electron chi connectivity index (χ1n) is 8.40. The van der Waals surface area contributed by atoms with E-state index in [2.05, 4.69) is 55.0 Å². The summed E-state index contributed by atoms with van der Waals surface area (Å²) in [5.41, 5.74) is 1.27. The monoisotopic (exact) mass is 277 g/mol. The number of unbranched alkanes of at least 4 members (excludes halogenated alkanes) is 8. The summed E-state index contributed by atoms with van der Waals surface area (Å²) in [5, 5.41) is 0. The average Bonchev–Trinajstić information content (AvgIpc) is 2.46. The van der Waals surface area contributed by atoms with Gasteiger partial charge >= 0.3 is 0 Å². The molecule has 0 N–H and O–H groups in total. The van der Waals surface area contributed by atoms with E-state index in [9.17, 15) is 0 Å². The Balaban J connectivity index is 2.01. The van der Waals surface area contributed by atoms with E-state index in [1.165, 1.54) is 63.5 Å².